The van der Waals surface area contributed by atoms with Crippen LogP contribution in [0.2, 0.25) is 0 Å². The van der Waals surface area contributed by atoms with Gasteiger partial charge in [-0.3, -0.25) is 9.67 Å². The highest BCUT2D eigenvalue weighted by Gasteiger charge is 2.31. The van der Waals surface area contributed by atoms with Gasteiger partial charge in [-0.25, -0.2) is 13.2 Å². The maximum absolute atomic E-state index is 11.5. The van der Waals surface area contributed by atoms with Crippen LogP contribution < -0.4 is 0 Å². The summed E-state index contributed by atoms with van der Waals surface area (Å²) in [4.78, 5) is 15.3. The SMILES string of the molecule is O=C(O)c1cn(C2CCS(=O)(=O)C2)nc1-c1ccncc1. The molecular formula is C13H13N3O4S. The molecule has 110 valence electrons. The fraction of sp³-hybridized carbons (Fsp3) is 0.308. The number of carboxylic acid groups (broad SMARTS) is 1. The topological polar surface area (TPSA) is 102 Å². The van der Waals surface area contributed by atoms with Gasteiger partial charge in [-0.15, -0.1) is 0 Å². The van der Waals surface area contributed by atoms with Crippen molar-refractivity contribution in [3.8, 4) is 11.3 Å². The van der Waals surface area contributed by atoms with Crippen molar-refractivity contribution >= 4 is 15.8 Å². The molecule has 7 nitrogen and oxygen atoms in total. The predicted molar refractivity (Wildman–Crippen MR) is 74.7 cm³/mol. The second kappa shape index (κ2) is 4.96. The number of aromatic carboxylic acids is 1. The van der Waals surface area contributed by atoms with Gasteiger partial charge in [0.05, 0.1) is 17.5 Å². The van der Waals surface area contributed by atoms with Gasteiger partial charge < -0.3 is 5.11 Å². The zero-order valence-corrected chi connectivity index (χ0v) is 11.8. The second-order valence-corrected chi connectivity index (χ2v) is 7.20. The van der Waals surface area contributed by atoms with Crippen molar-refractivity contribution < 1.29 is 18.3 Å². The Balaban J connectivity index is 2.04. The number of carbonyl (C=O) groups is 1. The van der Waals surface area contributed by atoms with Gasteiger partial charge in [0.1, 0.15) is 11.3 Å². The van der Waals surface area contributed by atoms with E-state index in [2.05, 4.69) is 10.1 Å². The van der Waals surface area contributed by atoms with Crippen molar-refractivity contribution in [2.24, 2.45) is 0 Å². The molecule has 1 saturated heterocycles. The van der Waals surface area contributed by atoms with E-state index in [1.165, 1.54) is 10.9 Å². The fourth-order valence-corrected chi connectivity index (χ4v) is 4.15. The van der Waals surface area contributed by atoms with E-state index in [0.717, 1.165) is 0 Å². The van der Waals surface area contributed by atoms with Crippen LogP contribution in [-0.2, 0) is 9.84 Å². The summed E-state index contributed by atoms with van der Waals surface area (Å²) < 4.78 is 24.6. The van der Waals surface area contributed by atoms with Gasteiger partial charge in [0.25, 0.3) is 0 Å². The first-order chi connectivity index (χ1) is 9.96. The number of pyridine rings is 1. The van der Waals surface area contributed by atoms with Gasteiger partial charge in [-0.05, 0) is 18.6 Å². The molecule has 1 fully saturated rings. The fourth-order valence-electron chi connectivity index (χ4n) is 2.44. The Kier molecular flexibility index (Phi) is 3.25. The van der Waals surface area contributed by atoms with Crippen LogP contribution >= 0.6 is 0 Å². The minimum Gasteiger partial charge on any atom is -0.478 e. The van der Waals surface area contributed by atoms with E-state index < -0.39 is 15.8 Å². The van der Waals surface area contributed by atoms with E-state index in [1.54, 1.807) is 24.5 Å². The van der Waals surface area contributed by atoms with Crippen molar-refractivity contribution in [3.63, 3.8) is 0 Å². The molecule has 1 atom stereocenters. The lowest BCUT2D eigenvalue weighted by Gasteiger charge is -2.07. The summed E-state index contributed by atoms with van der Waals surface area (Å²) in [6, 6.07) is 3.04. The summed E-state index contributed by atoms with van der Waals surface area (Å²) in [6.45, 7) is 0. The molecule has 0 spiro atoms. The molecule has 1 aliphatic rings. The first kappa shape index (κ1) is 13.7. The molecule has 3 heterocycles. The number of rotatable bonds is 3. The van der Waals surface area contributed by atoms with Crippen LogP contribution in [0.3, 0.4) is 0 Å². The molecule has 1 unspecified atom stereocenters. The molecule has 2 aromatic heterocycles. The Morgan fingerprint density at radius 3 is 2.62 bits per heavy atom. The molecule has 2 aromatic rings. The van der Waals surface area contributed by atoms with Gasteiger partial charge in [0.15, 0.2) is 9.84 Å². The van der Waals surface area contributed by atoms with Crippen LogP contribution in [0.15, 0.2) is 30.7 Å². The maximum atomic E-state index is 11.5. The summed E-state index contributed by atoms with van der Waals surface area (Å²) in [7, 11) is -3.05. The number of hydrogen-bond acceptors (Lipinski definition) is 5. The Bertz CT molecular complexity index is 783. The first-order valence-electron chi connectivity index (χ1n) is 6.39. The lowest BCUT2D eigenvalue weighted by molar-refractivity contribution is 0.0697. The van der Waals surface area contributed by atoms with Gasteiger partial charge in [-0.1, -0.05) is 0 Å². The number of carboxylic acids is 1. The number of nitrogens with zero attached hydrogens (tertiary/aromatic N) is 3. The third-order valence-electron chi connectivity index (χ3n) is 3.50. The van der Waals surface area contributed by atoms with E-state index in [0.29, 0.717) is 17.7 Å². The van der Waals surface area contributed by atoms with Gasteiger partial charge in [0, 0.05) is 24.2 Å². The molecule has 1 N–H and O–H groups in total. The van der Waals surface area contributed by atoms with Crippen LogP contribution in [0.25, 0.3) is 11.3 Å². The standard InChI is InChI=1S/C13H13N3O4S/c17-13(18)11-7-16(10-3-6-21(19,20)8-10)15-12(11)9-1-4-14-5-2-9/h1-2,4-5,7,10H,3,6,8H2,(H,17,18). The van der Waals surface area contributed by atoms with Crippen LogP contribution in [0.5, 0.6) is 0 Å². The summed E-state index contributed by atoms with van der Waals surface area (Å²) in [5, 5.41) is 13.6. The highest BCUT2D eigenvalue weighted by molar-refractivity contribution is 7.91. The number of hydrogen-bond donors (Lipinski definition) is 1. The smallest absolute Gasteiger partial charge is 0.339 e. The van der Waals surface area contributed by atoms with Crippen molar-refractivity contribution in [2.45, 2.75) is 12.5 Å². The van der Waals surface area contributed by atoms with Crippen LogP contribution in [0.1, 0.15) is 22.8 Å². The van der Waals surface area contributed by atoms with Crippen molar-refractivity contribution in [1.82, 2.24) is 14.8 Å². The largest absolute Gasteiger partial charge is 0.478 e. The molecule has 0 amide bonds. The predicted octanol–water partition coefficient (Wildman–Crippen LogP) is 1.00. The second-order valence-electron chi connectivity index (χ2n) is 4.97. The summed E-state index contributed by atoms with van der Waals surface area (Å²) >= 11 is 0. The zero-order chi connectivity index (χ0) is 15.0. The number of sulfone groups is 1. The summed E-state index contributed by atoms with van der Waals surface area (Å²) in [5.74, 6) is -0.970. The molecule has 0 aromatic carbocycles. The summed E-state index contributed by atoms with van der Waals surface area (Å²) in [6.07, 6.45) is 4.97. The quantitative estimate of drug-likeness (QED) is 0.907. The maximum Gasteiger partial charge on any atom is 0.339 e. The summed E-state index contributed by atoms with van der Waals surface area (Å²) in [5.41, 5.74) is 1.03. The third kappa shape index (κ3) is 2.66. The lowest BCUT2D eigenvalue weighted by Crippen LogP contribution is -2.11. The Hall–Kier alpha value is -2.22. The van der Waals surface area contributed by atoms with Crippen molar-refractivity contribution in [1.29, 1.82) is 0 Å². The minimum absolute atomic E-state index is 0.00350. The van der Waals surface area contributed by atoms with Crippen LogP contribution in [0.4, 0.5) is 0 Å². The Labute approximate surface area is 121 Å². The monoisotopic (exact) mass is 307 g/mol. The molecular weight excluding hydrogens is 294 g/mol. The van der Waals surface area contributed by atoms with Gasteiger partial charge >= 0.3 is 5.97 Å². The molecule has 1 aliphatic heterocycles. The first-order valence-corrected chi connectivity index (χ1v) is 8.22. The molecule has 0 radical (unpaired) electrons. The van der Waals surface area contributed by atoms with Crippen molar-refractivity contribution in [3.05, 3.63) is 36.3 Å². The minimum atomic E-state index is -3.05. The van der Waals surface area contributed by atoms with E-state index >= 15 is 0 Å². The lowest BCUT2D eigenvalue weighted by atomic mass is 10.1. The molecule has 0 bridgehead atoms. The highest BCUT2D eigenvalue weighted by atomic mass is 32.2. The van der Waals surface area contributed by atoms with E-state index in [-0.39, 0.29) is 23.1 Å². The molecule has 0 aliphatic carbocycles. The molecule has 0 saturated carbocycles. The Morgan fingerprint density at radius 1 is 1.33 bits per heavy atom. The van der Waals surface area contributed by atoms with Gasteiger partial charge in [0.2, 0.25) is 0 Å². The molecule has 21 heavy (non-hydrogen) atoms. The average Bonchev–Trinajstić information content (AvgIpc) is 3.03. The van der Waals surface area contributed by atoms with Gasteiger partial charge in [-0.2, -0.15) is 5.10 Å². The highest BCUT2D eigenvalue weighted by Crippen LogP contribution is 2.27. The zero-order valence-electron chi connectivity index (χ0n) is 11.0. The van der Waals surface area contributed by atoms with E-state index in [4.69, 9.17) is 0 Å². The number of aromatic nitrogens is 3. The molecule has 8 heteroatoms. The van der Waals surface area contributed by atoms with Crippen LogP contribution in [0, 0.1) is 0 Å². The third-order valence-corrected chi connectivity index (χ3v) is 5.25. The average molecular weight is 307 g/mol. The van der Waals surface area contributed by atoms with Crippen molar-refractivity contribution in [2.75, 3.05) is 11.5 Å². The van der Waals surface area contributed by atoms with E-state index in [9.17, 15) is 18.3 Å². The molecule has 3 rings (SSSR count). The van der Waals surface area contributed by atoms with Crippen LogP contribution in [-0.4, -0.2) is 45.8 Å². The van der Waals surface area contributed by atoms with E-state index in [1.807, 2.05) is 0 Å². The Morgan fingerprint density at radius 2 is 2.05 bits per heavy atom. The normalized spacial score (nSPS) is 20.5.